The first-order valence-corrected chi connectivity index (χ1v) is 5.55. The zero-order chi connectivity index (χ0) is 13.7. The van der Waals surface area contributed by atoms with E-state index in [0.717, 1.165) is 4.57 Å². The van der Waals surface area contributed by atoms with Crippen molar-refractivity contribution >= 4 is 5.97 Å². The van der Waals surface area contributed by atoms with Gasteiger partial charge in [0.2, 0.25) is 0 Å². The van der Waals surface area contributed by atoms with E-state index in [2.05, 4.69) is 4.74 Å². The quantitative estimate of drug-likeness (QED) is 0.672. The molecular weight excluding hydrogens is 240 g/mol. The number of aromatic nitrogens is 2. The number of hydrogen-bond donors (Lipinski definition) is 1. The topological polar surface area (TPSA) is 90.5 Å². The lowest BCUT2D eigenvalue weighted by molar-refractivity contribution is -0.145. The second-order valence-electron chi connectivity index (χ2n) is 3.82. The molecule has 0 aromatic carbocycles. The lowest BCUT2D eigenvalue weighted by Crippen LogP contribution is -2.41. The van der Waals surface area contributed by atoms with Crippen molar-refractivity contribution in [2.75, 3.05) is 6.61 Å². The predicted molar refractivity (Wildman–Crippen MR) is 63.2 cm³/mol. The summed E-state index contributed by atoms with van der Waals surface area (Å²) < 4.78 is 6.76. The number of ether oxygens (including phenoxy) is 1. The Kier molecular flexibility index (Phi) is 4.85. The summed E-state index contributed by atoms with van der Waals surface area (Å²) >= 11 is 0. The fraction of sp³-hybridized carbons (Fsp3) is 0.545. The minimum atomic E-state index is -1.13. The molecule has 0 spiro atoms. The summed E-state index contributed by atoms with van der Waals surface area (Å²) in [6, 6.07) is 1.22. The van der Waals surface area contributed by atoms with Gasteiger partial charge in [0, 0.05) is 19.3 Å². The van der Waals surface area contributed by atoms with E-state index in [-0.39, 0.29) is 19.6 Å². The molecule has 0 aliphatic heterocycles. The molecule has 0 saturated carbocycles. The number of hydrogen-bond acceptors (Lipinski definition) is 5. The van der Waals surface area contributed by atoms with Gasteiger partial charge in [0.25, 0.3) is 5.56 Å². The number of carbonyl (C=O) groups is 1. The molecule has 0 aliphatic carbocycles. The summed E-state index contributed by atoms with van der Waals surface area (Å²) in [6.45, 7) is 1.64. The van der Waals surface area contributed by atoms with E-state index in [1.165, 1.54) is 23.9 Å². The van der Waals surface area contributed by atoms with Crippen LogP contribution in [-0.4, -0.2) is 32.9 Å². The zero-order valence-corrected chi connectivity index (χ0v) is 10.3. The molecule has 0 amide bonds. The first kappa shape index (κ1) is 14.2. The summed E-state index contributed by atoms with van der Waals surface area (Å²) in [5.74, 6) is -0.564. The summed E-state index contributed by atoms with van der Waals surface area (Å²) in [5, 5.41) is 9.63. The zero-order valence-electron chi connectivity index (χ0n) is 10.3. The molecule has 1 atom stereocenters. The lowest BCUT2D eigenvalue weighted by atomic mass is 10.2. The molecule has 0 aliphatic rings. The Bertz CT molecular complexity index is 531. The Morgan fingerprint density at radius 2 is 2.17 bits per heavy atom. The second kappa shape index (κ2) is 6.15. The van der Waals surface area contributed by atoms with Crippen molar-refractivity contribution in [2.24, 2.45) is 7.05 Å². The highest BCUT2D eigenvalue weighted by Crippen LogP contribution is 1.96. The van der Waals surface area contributed by atoms with Gasteiger partial charge in [-0.05, 0) is 6.92 Å². The summed E-state index contributed by atoms with van der Waals surface area (Å²) in [6.07, 6.45) is -0.0334. The maximum Gasteiger partial charge on any atom is 0.330 e. The fourth-order valence-corrected chi connectivity index (χ4v) is 1.47. The highest BCUT2D eigenvalue weighted by molar-refractivity contribution is 5.69. The standard InChI is InChI=1S/C11H16N2O5/c1-3-18-10(16)6-8(14)7-13-9(15)4-5-12(2)11(13)17/h4-5,8,14H,3,6-7H2,1-2H3. The van der Waals surface area contributed by atoms with Crippen LogP contribution in [0, 0.1) is 0 Å². The van der Waals surface area contributed by atoms with Crippen LogP contribution >= 0.6 is 0 Å². The van der Waals surface area contributed by atoms with E-state index in [9.17, 15) is 19.5 Å². The number of aliphatic hydroxyl groups is 1. The van der Waals surface area contributed by atoms with Crippen molar-refractivity contribution in [1.82, 2.24) is 9.13 Å². The molecule has 1 aromatic heterocycles. The Labute approximate surface area is 103 Å². The van der Waals surface area contributed by atoms with Crippen molar-refractivity contribution in [2.45, 2.75) is 26.0 Å². The molecular formula is C11H16N2O5. The third-order valence-corrected chi connectivity index (χ3v) is 2.34. The van der Waals surface area contributed by atoms with Gasteiger partial charge in [-0.2, -0.15) is 0 Å². The number of nitrogens with zero attached hydrogens (tertiary/aromatic N) is 2. The van der Waals surface area contributed by atoms with Gasteiger partial charge in [-0.25, -0.2) is 4.79 Å². The molecule has 7 heteroatoms. The molecule has 100 valence electrons. The van der Waals surface area contributed by atoms with Crippen molar-refractivity contribution in [3.05, 3.63) is 33.1 Å². The first-order chi connectivity index (χ1) is 8.45. The van der Waals surface area contributed by atoms with Gasteiger partial charge in [-0.1, -0.05) is 0 Å². The number of esters is 1. The Hall–Kier alpha value is -1.89. The van der Waals surface area contributed by atoms with E-state index in [1.807, 2.05) is 0 Å². The molecule has 1 aromatic rings. The van der Waals surface area contributed by atoms with Crippen LogP contribution < -0.4 is 11.2 Å². The highest BCUT2D eigenvalue weighted by Gasteiger charge is 2.14. The van der Waals surface area contributed by atoms with Crippen LogP contribution in [0.1, 0.15) is 13.3 Å². The van der Waals surface area contributed by atoms with Crippen molar-refractivity contribution in [3.63, 3.8) is 0 Å². The molecule has 0 saturated heterocycles. The second-order valence-corrected chi connectivity index (χ2v) is 3.82. The fourth-order valence-electron chi connectivity index (χ4n) is 1.47. The Morgan fingerprint density at radius 3 is 2.78 bits per heavy atom. The van der Waals surface area contributed by atoms with Crippen LogP contribution in [0.15, 0.2) is 21.9 Å². The molecule has 1 N–H and O–H groups in total. The van der Waals surface area contributed by atoms with Gasteiger partial charge in [-0.3, -0.25) is 14.2 Å². The first-order valence-electron chi connectivity index (χ1n) is 5.55. The monoisotopic (exact) mass is 256 g/mol. The molecule has 0 radical (unpaired) electrons. The summed E-state index contributed by atoms with van der Waals surface area (Å²) in [5.41, 5.74) is -1.05. The number of rotatable bonds is 5. The summed E-state index contributed by atoms with van der Waals surface area (Å²) in [4.78, 5) is 34.2. The van der Waals surface area contributed by atoms with E-state index < -0.39 is 23.3 Å². The van der Waals surface area contributed by atoms with Crippen LogP contribution in [0.25, 0.3) is 0 Å². The number of aryl methyl sites for hydroxylation is 1. The smallest absolute Gasteiger partial charge is 0.330 e. The van der Waals surface area contributed by atoms with Crippen LogP contribution in [-0.2, 0) is 23.1 Å². The normalized spacial score (nSPS) is 12.2. The molecule has 1 unspecified atom stereocenters. The van der Waals surface area contributed by atoms with Gasteiger partial charge < -0.3 is 14.4 Å². The van der Waals surface area contributed by atoms with Crippen LogP contribution in [0.5, 0.6) is 0 Å². The van der Waals surface area contributed by atoms with Gasteiger partial charge in [0.1, 0.15) is 0 Å². The molecule has 0 fully saturated rings. The molecule has 1 heterocycles. The molecule has 1 rings (SSSR count). The van der Waals surface area contributed by atoms with E-state index in [4.69, 9.17) is 0 Å². The van der Waals surface area contributed by atoms with Gasteiger partial charge in [0.05, 0.1) is 25.7 Å². The number of carbonyl (C=O) groups excluding carboxylic acids is 1. The van der Waals surface area contributed by atoms with Crippen LogP contribution in [0.4, 0.5) is 0 Å². The molecule has 7 nitrogen and oxygen atoms in total. The van der Waals surface area contributed by atoms with E-state index >= 15 is 0 Å². The molecule has 0 bridgehead atoms. The largest absolute Gasteiger partial charge is 0.466 e. The van der Waals surface area contributed by atoms with Crippen LogP contribution in [0.2, 0.25) is 0 Å². The third kappa shape index (κ3) is 3.56. The van der Waals surface area contributed by atoms with Gasteiger partial charge in [0.15, 0.2) is 0 Å². The highest BCUT2D eigenvalue weighted by atomic mass is 16.5. The number of aliphatic hydroxyl groups excluding tert-OH is 1. The molecule has 18 heavy (non-hydrogen) atoms. The Balaban J connectivity index is 2.79. The van der Waals surface area contributed by atoms with Crippen molar-refractivity contribution in [1.29, 1.82) is 0 Å². The maximum absolute atomic E-state index is 11.6. The van der Waals surface area contributed by atoms with E-state index in [0.29, 0.717) is 0 Å². The lowest BCUT2D eigenvalue weighted by Gasteiger charge is -2.11. The van der Waals surface area contributed by atoms with Crippen molar-refractivity contribution in [3.8, 4) is 0 Å². The minimum absolute atomic E-state index is 0.221. The van der Waals surface area contributed by atoms with Gasteiger partial charge in [-0.15, -0.1) is 0 Å². The average molecular weight is 256 g/mol. The summed E-state index contributed by atoms with van der Waals surface area (Å²) in [7, 11) is 1.50. The van der Waals surface area contributed by atoms with Crippen molar-refractivity contribution < 1.29 is 14.6 Å². The SMILES string of the molecule is CCOC(=O)CC(O)Cn1c(=O)ccn(C)c1=O. The van der Waals surface area contributed by atoms with Crippen LogP contribution in [0.3, 0.4) is 0 Å². The third-order valence-electron chi connectivity index (χ3n) is 2.34. The van der Waals surface area contributed by atoms with Gasteiger partial charge >= 0.3 is 11.7 Å². The average Bonchev–Trinajstić information content (AvgIpc) is 2.30. The maximum atomic E-state index is 11.6. The predicted octanol–water partition coefficient (Wildman–Crippen LogP) is -1.14. The Morgan fingerprint density at radius 1 is 1.50 bits per heavy atom. The minimum Gasteiger partial charge on any atom is -0.466 e. The van der Waals surface area contributed by atoms with E-state index in [1.54, 1.807) is 6.92 Å².